The zero-order valence-electron chi connectivity index (χ0n) is 24.8. The average Bonchev–Trinajstić information content (AvgIpc) is 3.73. The largest absolute Gasteiger partial charge is 0.497 e. The number of carbonyl (C=O) groups is 2. The van der Waals surface area contributed by atoms with Crippen molar-refractivity contribution in [2.24, 2.45) is 4.99 Å². The maximum atomic E-state index is 13.3. The van der Waals surface area contributed by atoms with E-state index in [1.807, 2.05) is 42.2 Å². The molecule has 3 amide bonds. The van der Waals surface area contributed by atoms with Gasteiger partial charge in [0, 0.05) is 56.6 Å². The van der Waals surface area contributed by atoms with Crippen LogP contribution in [-0.4, -0.2) is 79.0 Å². The molecule has 224 valence electrons. The molecule has 2 N–H and O–H groups in total. The summed E-state index contributed by atoms with van der Waals surface area (Å²) in [6.07, 6.45) is 5.42. The van der Waals surface area contributed by atoms with Gasteiger partial charge in [-0.1, -0.05) is 18.2 Å². The van der Waals surface area contributed by atoms with Crippen molar-refractivity contribution >= 4 is 35.7 Å². The van der Waals surface area contributed by atoms with E-state index in [0.29, 0.717) is 44.4 Å². The molecule has 0 radical (unpaired) electrons. The molecule has 11 heteroatoms. The van der Waals surface area contributed by atoms with Crippen LogP contribution >= 0.6 is 0 Å². The molecule has 1 saturated heterocycles. The number of aromatic nitrogens is 2. The number of hydrogen-bond acceptors (Lipinski definition) is 8. The fraction of sp³-hybridized carbons (Fsp3) is 0.406. The molecule has 0 spiro atoms. The molecule has 1 aliphatic carbocycles. The molecular weight excluding hydrogens is 544 g/mol. The molecule has 1 aromatic heterocycles. The molecule has 3 aromatic rings. The molecule has 1 atom stereocenters. The lowest BCUT2D eigenvalue weighted by Crippen LogP contribution is -2.57. The van der Waals surface area contributed by atoms with E-state index in [-0.39, 0.29) is 24.4 Å². The molecule has 43 heavy (non-hydrogen) atoms. The van der Waals surface area contributed by atoms with Gasteiger partial charge in [-0.05, 0) is 67.1 Å². The van der Waals surface area contributed by atoms with Crippen LogP contribution in [0.3, 0.4) is 0 Å². The third kappa shape index (κ3) is 6.71. The number of ether oxygens (including phenoxy) is 1. The van der Waals surface area contributed by atoms with E-state index in [1.54, 1.807) is 18.3 Å². The van der Waals surface area contributed by atoms with E-state index in [0.717, 1.165) is 42.2 Å². The Balaban J connectivity index is 1.18. The zero-order valence-corrected chi connectivity index (χ0v) is 24.8. The van der Waals surface area contributed by atoms with Crippen molar-refractivity contribution in [2.45, 2.75) is 45.2 Å². The van der Waals surface area contributed by atoms with Crippen LogP contribution in [0.4, 0.5) is 22.2 Å². The van der Waals surface area contributed by atoms with Gasteiger partial charge in [0.15, 0.2) is 0 Å². The van der Waals surface area contributed by atoms with Gasteiger partial charge in [0.05, 0.1) is 26.0 Å². The van der Waals surface area contributed by atoms with Gasteiger partial charge in [0.1, 0.15) is 11.6 Å². The van der Waals surface area contributed by atoms with Gasteiger partial charge < -0.3 is 25.2 Å². The molecule has 1 fully saturated rings. The minimum Gasteiger partial charge on any atom is -0.497 e. The number of rotatable bonds is 8. The van der Waals surface area contributed by atoms with Gasteiger partial charge in [0.2, 0.25) is 11.9 Å². The predicted molar refractivity (Wildman–Crippen MR) is 167 cm³/mol. The van der Waals surface area contributed by atoms with Crippen molar-refractivity contribution in [3.8, 4) is 5.75 Å². The third-order valence-corrected chi connectivity index (χ3v) is 8.26. The zero-order chi connectivity index (χ0) is 29.8. The van der Waals surface area contributed by atoms with Crippen molar-refractivity contribution in [1.82, 2.24) is 20.2 Å². The Kier molecular flexibility index (Phi) is 8.39. The van der Waals surface area contributed by atoms with E-state index in [4.69, 9.17) is 9.72 Å². The number of amides is 3. The van der Waals surface area contributed by atoms with Crippen molar-refractivity contribution in [3.63, 3.8) is 0 Å². The summed E-state index contributed by atoms with van der Waals surface area (Å²) in [5.41, 5.74) is 5.43. The topological polar surface area (TPSA) is 115 Å². The standard InChI is InChI=1S/C32H38N8O3/c1-22-16-29(37-31(35-22)39-13-12-33-21-39)40-15-14-38(32(42)36-26-8-10-28(43-2)11-9-26)20-27(40)18-30(41)34-19-23-6-7-24-4-3-5-25(24)17-23/h6-11,16-17,21,27H,3-5,12-15,18-20H2,1-2H3,(H,34,41)(H,36,42). The van der Waals surface area contributed by atoms with Crippen LogP contribution in [-0.2, 0) is 24.2 Å². The summed E-state index contributed by atoms with van der Waals surface area (Å²) in [5.74, 6) is 1.99. The lowest BCUT2D eigenvalue weighted by molar-refractivity contribution is -0.121. The Morgan fingerprint density at radius 2 is 1.84 bits per heavy atom. The van der Waals surface area contributed by atoms with Gasteiger partial charge in [-0.25, -0.2) is 9.78 Å². The number of carbonyl (C=O) groups excluding carboxylic acids is 2. The number of hydrogen-bond donors (Lipinski definition) is 2. The number of fused-ring (bicyclic) bond motifs is 1. The summed E-state index contributed by atoms with van der Waals surface area (Å²) in [7, 11) is 1.61. The smallest absolute Gasteiger partial charge is 0.321 e. The van der Waals surface area contributed by atoms with Crippen molar-refractivity contribution in [3.05, 3.63) is 70.9 Å². The number of urea groups is 1. The lowest BCUT2D eigenvalue weighted by Gasteiger charge is -2.42. The first-order valence-electron chi connectivity index (χ1n) is 14.9. The maximum Gasteiger partial charge on any atom is 0.321 e. The van der Waals surface area contributed by atoms with Crippen molar-refractivity contribution in [2.75, 3.05) is 55.0 Å². The summed E-state index contributed by atoms with van der Waals surface area (Å²) in [4.78, 5) is 46.3. The van der Waals surface area contributed by atoms with Gasteiger partial charge in [0.25, 0.3) is 0 Å². The Labute approximate surface area is 252 Å². The van der Waals surface area contributed by atoms with Crippen LogP contribution in [0.2, 0.25) is 0 Å². The van der Waals surface area contributed by atoms with Crippen LogP contribution in [0.1, 0.15) is 35.2 Å². The van der Waals surface area contributed by atoms with Crippen molar-refractivity contribution in [1.29, 1.82) is 0 Å². The van der Waals surface area contributed by atoms with Crippen LogP contribution in [0.5, 0.6) is 5.75 Å². The van der Waals surface area contributed by atoms with Crippen LogP contribution in [0, 0.1) is 6.92 Å². The number of nitrogens with one attached hydrogen (secondary N) is 2. The van der Waals surface area contributed by atoms with E-state index >= 15 is 0 Å². The maximum absolute atomic E-state index is 13.3. The number of aliphatic imine (C=N–C) groups is 1. The van der Waals surface area contributed by atoms with Crippen LogP contribution in [0.25, 0.3) is 0 Å². The molecule has 6 rings (SSSR count). The van der Waals surface area contributed by atoms with Crippen LogP contribution in [0.15, 0.2) is 53.5 Å². The molecule has 0 bridgehead atoms. The highest BCUT2D eigenvalue weighted by atomic mass is 16.5. The molecule has 3 heterocycles. The lowest BCUT2D eigenvalue weighted by atomic mass is 10.1. The first kappa shape index (κ1) is 28.4. The Morgan fingerprint density at radius 1 is 1.00 bits per heavy atom. The first-order chi connectivity index (χ1) is 20.9. The molecule has 0 saturated carbocycles. The summed E-state index contributed by atoms with van der Waals surface area (Å²) in [6, 6.07) is 15.2. The predicted octanol–water partition coefficient (Wildman–Crippen LogP) is 3.56. The fourth-order valence-electron chi connectivity index (χ4n) is 5.96. The number of piperazine rings is 1. The summed E-state index contributed by atoms with van der Waals surface area (Å²) < 4.78 is 5.23. The monoisotopic (exact) mass is 582 g/mol. The molecule has 3 aliphatic rings. The number of nitrogens with zero attached hydrogens (tertiary/aromatic N) is 6. The van der Waals surface area contributed by atoms with E-state index < -0.39 is 0 Å². The van der Waals surface area contributed by atoms with E-state index in [1.165, 1.54) is 17.5 Å². The highest BCUT2D eigenvalue weighted by molar-refractivity contribution is 5.89. The van der Waals surface area contributed by atoms with Gasteiger partial charge in [-0.15, -0.1) is 0 Å². The molecule has 1 unspecified atom stereocenters. The number of methoxy groups -OCH3 is 1. The molecule has 2 aliphatic heterocycles. The van der Waals surface area contributed by atoms with E-state index in [9.17, 15) is 9.59 Å². The van der Waals surface area contributed by atoms with Crippen LogP contribution < -0.4 is 25.2 Å². The average molecular weight is 583 g/mol. The molecular formula is C32H38N8O3. The number of anilines is 3. The summed E-state index contributed by atoms with van der Waals surface area (Å²) >= 11 is 0. The quantitative estimate of drug-likeness (QED) is 0.417. The fourth-order valence-corrected chi connectivity index (χ4v) is 5.96. The first-order valence-corrected chi connectivity index (χ1v) is 14.9. The minimum absolute atomic E-state index is 0.0643. The van der Waals surface area contributed by atoms with E-state index in [2.05, 4.69) is 43.7 Å². The molecule has 2 aromatic carbocycles. The van der Waals surface area contributed by atoms with Gasteiger partial charge >= 0.3 is 6.03 Å². The summed E-state index contributed by atoms with van der Waals surface area (Å²) in [6.45, 7) is 5.25. The normalized spacial score (nSPS) is 17.6. The van der Waals surface area contributed by atoms with Gasteiger partial charge in [-0.3, -0.25) is 14.7 Å². The minimum atomic E-state index is -0.273. The second-order valence-electron chi connectivity index (χ2n) is 11.3. The number of aryl methyl sites for hydroxylation is 3. The Morgan fingerprint density at radius 3 is 2.63 bits per heavy atom. The third-order valence-electron chi connectivity index (χ3n) is 8.26. The SMILES string of the molecule is COc1ccc(NC(=O)N2CCN(c3cc(C)nc(N4C=NCC4)n3)C(CC(=O)NCc3ccc4c(c3)CCC4)C2)cc1. The molecule has 11 nitrogen and oxygen atoms in total. The second-order valence-corrected chi connectivity index (χ2v) is 11.3. The van der Waals surface area contributed by atoms with Gasteiger partial charge in [-0.2, -0.15) is 4.98 Å². The highest BCUT2D eigenvalue weighted by Crippen LogP contribution is 2.26. The second kappa shape index (κ2) is 12.7. The Hall–Kier alpha value is -4.67. The summed E-state index contributed by atoms with van der Waals surface area (Å²) in [5, 5.41) is 6.10. The van der Waals surface area contributed by atoms with Crippen molar-refractivity contribution < 1.29 is 14.3 Å². The Bertz CT molecular complexity index is 1510. The highest BCUT2D eigenvalue weighted by Gasteiger charge is 2.33. The number of benzene rings is 2.